The van der Waals surface area contributed by atoms with Crippen LogP contribution in [0, 0.1) is 5.92 Å². The van der Waals surface area contributed by atoms with E-state index in [-0.39, 0.29) is 17.7 Å². The molecule has 2 rings (SSSR count). The zero-order valence-electron chi connectivity index (χ0n) is 15.0. The molecule has 2 aliphatic heterocycles. The van der Waals surface area contributed by atoms with Crippen LogP contribution >= 0.6 is 15.9 Å². The first-order valence-electron chi connectivity index (χ1n) is 8.42. The number of alkyl halides is 3. The summed E-state index contributed by atoms with van der Waals surface area (Å²) in [7, 11) is 4.05. The van der Waals surface area contributed by atoms with Gasteiger partial charge in [-0.05, 0) is 55.4 Å². The van der Waals surface area contributed by atoms with E-state index in [2.05, 4.69) is 32.8 Å². The second-order valence-corrected chi connectivity index (χ2v) is 7.47. The summed E-state index contributed by atoms with van der Waals surface area (Å²) >= 11 is 3.38. The lowest BCUT2D eigenvalue weighted by molar-refractivity contribution is -0.164. The van der Waals surface area contributed by atoms with Crippen LogP contribution in [0.4, 0.5) is 13.2 Å². The number of nitrogens with zero attached hydrogens (tertiary/aromatic N) is 3. The van der Waals surface area contributed by atoms with E-state index in [9.17, 15) is 13.2 Å². The predicted octanol–water partition coefficient (Wildman–Crippen LogP) is 4.15. The first-order valence-corrected chi connectivity index (χ1v) is 9.22. The van der Waals surface area contributed by atoms with Gasteiger partial charge in [0.1, 0.15) is 5.84 Å². The molecule has 0 aromatic carbocycles. The van der Waals surface area contributed by atoms with Gasteiger partial charge in [-0.2, -0.15) is 13.2 Å². The van der Waals surface area contributed by atoms with Gasteiger partial charge in [-0.15, -0.1) is 0 Å². The highest BCUT2D eigenvalue weighted by molar-refractivity contribution is 9.11. The Morgan fingerprint density at radius 2 is 2.04 bits per heavy atom. The fourth-order valence-corrected chi connectivity index (χ4v) is 3.81. The molecule has 25 heavy (non-hydrogen) atoms. The summed E-state index contributed by atoms with van der Waals surface area (Å²) in [4.78, 5) is 9.11. The van der Waals surface area contributed by atoms with E-state index in [1.54, 1.807) is 0 Å². The van der Waals surface area contributed by atoms with E-state index in [4.69, 9.17) is 9.73 Å². The molecule has 1 fully saturated rings. The molecular formula is C17H25BrF3N3O. The van der Waals surface area contributed by atoms with Gasteiger partial charge in [-0.3, -0.25) is 0 Å². The van der Waals surface area contributed by atoms with Crippen molar-refractivity contribution in [3.8, 4) is 0 Å². The molecule has 0 aromatic heterocycles. The normalized spacial score (nSPS) is 33.4. The molecule has 0 saturated carbocycles. The number of rotatable bonds is 4. The highest BCUT2D eigenvalue weighted by Crippen LogP contribution is 2.31. The number of amidine groups is 1. The summed E-state index contributed by atoms with van der Waals surface area (Å²) in [6.45, 7) is 4.44. The smallest absolute Gasteiger partial charge is 0.422 e. The highest BCUT2D eigenvalue weighted by Gasteiger charge is 2.32. The van der Waals surface area contributed by atoms with Crippen LogP contribution in [0.2, 0.25) is 0 Å². The molecule has 2 heterocycles. The number of ether oxygens (including phenoxy) is 1. The third-order valence-corrected chi connectivity index (χ3v) is 5.18. The maximum absolute atomic E-state index is 12.6. The monoisotopic (exact) mass is 423 g/mol. The van der Waals surface area contributed by atoms with E-state index in [1.165, 1.54) is 0 Å². The largest absolute Gasteiger partial charge is 0.481 e. The Balaban J connectivity index is 2.43. The number of aliphatic imine (C=N–C) groups is 1. The van der Waals surface area contributed by atoms with Crippen molar-refractivity contribution in [1.29, 1.82) is 0 Å². The Bertz CT molecular complexity index is 586. The molecule has 0 aliphatic carbocycles. The van der Waals surface area contributed by atoms with Crippen molar-refractivity contribution >= 4 is 21.8 Å². The summed E-state index contributed by atoms with van der Waals surface area (Å²) in [5.41, 5.74) is 0.538. The van der Waals surface area contributed by atoms with Crippen LogP contribution < -0.4 is 0 Å². The van der Waals surface area contributed by atoms with E-state index in [1.807, 2.05) is 27.0 Å². The molecular weight excluding hydrogens is 399 g/mol. The molecule has 0 N–H and O–H groups in total. The van der Waals surface area contributed by atoms with E-state index >= 15 is 0 Å². The number of likely N-dealkylation sites (N-methyl/N-ethyl adjacent to an activating group) is 1. The standard InChI is InChI=1S/C17H25BrF3N3O/c1-5-14-15(25-10-17(19,20)21)13(18)8-11(2)24(4)16(22-14)12-6-7-23(3)9-12/h8,11-12H,5-7,9-10H2,1-4H3/b13-8-,15-14-,22-16-. The Morgan fingerprint density at radius 1 is 1.36 bits per heavy atom. The van der Waals surface area contributed by atoms with Gasteiger partial charge in [0.05, 0.1) is 10.2 Å². The first-order chi connectivity index (χ1) is 11.6. The van der Waals surface area contributed by atoms with Gasteiger partial charge >= 0.3 is 6.18 Å². The summed E-state index contributed by atoms with van der Waals surface area (Å²) in [6, 6.07) is -0.0121. The maximum Gasteiger partial charge on any atom is 0.422 e. The second kappa shape index (κ2) is 8.12. The van der Waals surface area contributed by atoms with Crippen molar-refractivity contribution in [3.63, 3.8) is 0 Å². The summed E-state index contributed by atoms with van der Waals surface area (Å²) in [5.74, 6) is 1.37. The SMILES string of the molecule is CCC1=C(OCC(F)(F)F)\C(Br)=C\C(C)N(C)/C(C2CCN(C)C2)=N\1. The number of hydrogen-bond donors (Lipinski definition) is 0. The average Bonchev–Trinajstić information content (AvgIpc) is 2.93. The molecule has 4 nitrogen and oxygen atoms in total. The Hall–Kier alpha value is -1.02. The molecule has 0 amide bonds. The van der Waals surface area contributed by atoms with Gasteiger partial charge < -0.3 is 14.5 Å². The van der Waals surface area contributed by atoms with Crippen molar-refractivity contribution in [2.75, 3.05) is 33.8 Å². The van der Waals surface area contributed by atoms with Crippen LogP contribution in [-0.4, -0.2) is 61.6 Å². The third kappa shape index (κ3) is 5.23. The fraction of sp³-hybridized carbons (Fsp3) is 0.706. The summed E-state index contributed by atoms with van der Waals surface area (Å²) < 4.78 is 43.5. The van der Waals surface area contributed by atoms with Crippen LogP contribution in [0.25, 0.3) is 0 Å². The second-order valence-electron chi connectivity index (χ2n) is 6.62. The zero-order valence-corrected chi connectivity index (χ0v) is 16.6. The topological polar surface area (TPSA) is 28.1 Å². The minimum Gasteiger partial charge on any atom is -0.481 e. The highest BCUT2D eigenvalue weighted by atomic mass is 79.9. The van der Waals surface area contributed by atoms with Crippen molar-refractivity contribution in [2.45, 2.75) is 38.9 Å². The zero-order chi connectivity index (χ0) is 18.8. The lowest BCUT2D eigenvalue weighted by Crippen LogP contribution is -2.40. The van der Waals surface area contributed by atoms with E-state index < -0.39 is 12.8 Å². The number of likely N-dealkylation sites (tertiary alicyclic amines) is 1. The summed E-state index contributed by atoms with van der Waals surface area (Å²) in [5, 5.41) is 0. The molecule has 2 aliphatic rings. The molecule has 0 bridgehead atoms. The molecule has 1 saturated heterocycles. The summed E-state index contributed by atoms with van der Waals surface area (Å²) in [6.07, 6.45) is -1.03. The van der Waals surface area contributed by atoms with Gasteiger partial charge in [-0.1, -0.05) is 6.92 Å². The number of hydrogen-bond acceptors (Lipinski definition) is 4. The molecule has 0 spiro atoms. The van der Waals surface area contributed by atoms with Gasteiger partial charge in [-0.25, -0.2) is 4.99 Å². The van der Waals surface area contributed by atoms with Crippen molar-refractivity contribution < 1.29 is 17.9 Å². The number of halogens is 4. The van der Waals surface area contributed by atoms with Gasteiger partial charge in [0, 0.05) is 25.6 Å². The molecule has 142 valence electrons. The lowest BCUT2D eigenvalue weighted by atomic mass is 10.0. The molecule has 2 unspecified atom stereocenters. The fourth-order valence-electron chi connectivity index (χ4n) is 3.08. The van der Waals surface area contributed by atoms with Crippen LogP contribution in [0.15, 0.2) is 27.0 Å². The van der Waals surface area contributed by atoms with Crippen molar-refractivity contribution in [2.24, 2.45) is 10.9 Å². The Labute approximate surface area is 155 Å². The van der Waals surface area contributed by atoms with E-state index in [0.29, 0.717) is 16.6 Å². The van der Waals surface area contributed by atoms with Crippen molar-refractivity contribution in [1.82, 2.24) is 9.80 Å². The molecule has 2 atom stereocenters. The molecule has 8 heteroatoms. The minimum atomic E-state index is -4.38. The van der Waals surface area contributed by atoms with Crippen molar-refractivity contribution in [3.05, 3.63) is 22.0 Å². The predicted molar refractivity (Wildman–Crippen MR) is 96.6 cm³/mol. The Kier molecular flexibility index (Phi) is 6.59. The quantitative estimate of drug-likeness (QED) is 0.679. The average molecular weight is 424 g/mol. The van der Waals surface area contributed by atoms with Gasteiger partial charge in [0.15, 0.2) is 12.4 Å². The number of allylic oxidation sites excluding steroid dienone is 2. The Morgan fingerprint density at radius 3 is 2.56 bits per heavy atom. The maximum atomic E-state index is 12.6. The van der Waals surface area contributed by atoms with Crippen LogP contribution in [0.3, 0.4) is 0 Å². The van der Waals surface area contributed by atoms with Crippen LogP contribution in [0.1, 0.15) is 26.7 Å². The first kappa shape index (κ1) is 20.3. The van der Waals surface area contributed by atoms with Gasteiger partial charge in [0.25, 0.3) is 0 Å². The minimum absolute atomic E-state index is 0.0121. The van der Waals surface area contributed by atoms with Crippen LogP contribution in [0.5, 0.6) is 0 Å². The third-order valence-electron chi connectivity index (χ3n) is 4.56. The lowest BCUT2D eigenvalue weighted by Gasteiger charge is -2.32. The van der Waals surface area contributed by atoms with Gasteiger partial charge in [0.2, 0.25) is 0 Å². The molecule has 0 radical (unpaired) electrons. The van der Waals surface area contributed by atoms with E-state index in [0.717, 1.165) is 25.3 Å². The molecule has 0 aromatic rings. The van der Waals surface area contributed by atoms with Crippen LogP contribution in [-0.2, 0) is 4.74 Å².